The molecular weight excluding hydrogens is 402 g/mol. The summed E-state index contributed by atoms with van der Waals surface area (Å²) in [5, 5.41) is 14.8. The molecule has 2 atom stereocenters. The van der Waals surface area contributed by atoms with E-state index in [-0.39, 0.29) is 24.4 Å². The molecule has 0 saturated carbocycles. The third-order valence-corrected chi connectivity index (χ3v) is 4.72. The molecule has 2 rings (SSSR count). The van der Waals surface area contributed by atoms with E-state index in [4.69, 9.17) is 4.74 Å². The van der Waals surface area contributed by atoms with Crippen LogP contribution in [0.15, 0.2) is 6.07 Å². The summed E-state index contributed by atoms with van der Waals surface area (Å²) in [4.78, 5) is 50.0. The number of hydrogen-bond acceptors (Lipinski definition) is 6. The second-order valence-electron chi connectivity index (χ2n) is 9.38. The van der Waals surface area contributed by atoms with E-state index in [1.54, 1.807) is 13.8 Å². The van der Waals surface area contributed by atoms with Crippen LogP contribution in [0.1, 0.15) is 52.4 Å². The minimum absolute atomic E-state index is 0.0876. The molecule has 2 heterocycles. The number of alkyl carbamates (subject to hydrolysis) is 1. The molecule has 0 aromatic carbocycles. The van der Waals surface area contributed by atoms with Crippen molar-refractivity contribution < 1.29 is 23.9 Å². The molecule has 10 heteroatoms. The van der Waals surface area contributed by atoms with E-state index in [9.17, 15) is 19.2 Å². The molecule has 3 amide bonds. The van der Waals surface area contributed by atoms with Crippen LogP contribution in [0.25, 0.3) is 0 Å². The molecule has 2 bridgehead atoms. The zero-order valence-corrected chi connectivity index (χ0v) is 18.8. The Hall–Kier alpha value is -2.91. The lowest BCUT2D eigenvalue weighted by Gasteiger charge is -2.25. The van der Waals surface area contributed by atoms with Gasteiger partial charge in [-0.3, -0.25) is 19.5 Å². The number of rotatable bonds is 5. The van der Waals surface area contributed by atoms with E-state index < -0.39 is 35.8 Å². The Bertz CT molecular complexity index is 811. The molecule has 172 valence electrons. The number of aromatic nitrogens is 2. The van der Waals surface area contributed by atoms with Crippen LogP contribution < -0.4 is 16.0 Å². The van der Waals surface area contributed by atoms with Gasteiger partial charge in [-0.25, -0.2) is 4.79 Å². The van der Waals surface area contributed by atoms with Gasteiger partial charge in [0.05, 0.1) is 12.3 Å². The van der Waals surface area contributed by atoms with E-state index in [1.165, 1.54) is 0 Å². The van der Waals surface area contributed by atoms with Crippen molar-refractivity contribution in [2.45, 2.75) is 66.0 Å². The molecule has 1 aliphatic rings. The van der Waals surface area contributed by atoms with E-state index >= 15 is 0 Å². The summed E-state index contributed by atoms with van der Waals surface area (Å²) in [6, 6.07) is -0.198. The van der Waals surface area contributed by atoms with Crippen LogP contribution in [0.2, 0.25) is 0 Å². The van der Waals surface area contributed by atoms with Gasteiger partial charge in [0.1, 0.15) is 12.1 Å². The number of fused-ring (bicyclic) bond motifs is 2. The van der Waals surface area contributed by atoms with Gasteiger partial charge < -0.3 is 20.7 Å². The summed E-state index contributed by atoms with van der Waals surface area (Å²) in [7, 11) is 0. The average Bonchev–Trinajstić information content (AvgIpc) is 3.11. The molecule has 10 nitrogen and oxygen atoms in total. The van der Waals surface area contributed by atoms with E-state index in [1.807, 2.05) is 26.8 Å². The van der Waals surface area contributed by atoms with Crippen molar-refractivity contribution in [3.05, 3.63) is 17.5 Å². The number of nitrogens with one attached hydrogen (secondary N) is 4. The van der Waals surface area contributed by atoms with Crippen LogP contribution in [-0.2, 0) is 32.0 Å². The largest absolute Gasteiger partial charge is 0.449 e. The molecule has 0 saturated heterocycles. The number of amides is 3. The summed E-state index contributed by atoms with van der Waals surface area (Å²) < 4.78 is 5.19. The van der Waals surface area contributed by atoms with Crippen molar-refractivity contribution in [1.29, 1.82) is 0 Å². The number of carbonyl (C=O) groups is 4. The van der Waals surface area contributed by atoms with Crippen LogP contribution in [0, 0.1) is 11.3 Å². The molecule has 1 aromatic heterocycles. The van der Waals surface area contributed by atoms with Gasteiger partial charge in [0.2, 0.25) is 11.7 Å². The van der Waals surface area contributed by atoms with Gasteiger partial charge in [0, 0.05) is 18.7 Å². The third kappa shape index (κ3) is 7.69. The van der Waals surface area contributed by atoms with Crippen molar-refractivity contribution in [3.8, 4) is 0 Å². The number of nitrogens with zero attached hydrogens (tertiary/aromatic N) is 1. The molecule has 0 fully saturated rings. The van der Waals surface area contributed by atoms with Gasteiger partial charge in [-0.15, -0.1) is 0 Å². The smallest absolute Gasteiger partial charge is 0.407 e. The summed E-state index contributed by atoms with van der Waals surface area (Å²) in [5.41, 5.74) is 1.25. The van der Waals surface area contributed by atoms with Crippen LogP contribution >= 0.6 is 0 Å². The first-order valence-corrected chi connectivity index (χ1v) is 10.5. The normalized spacial score (nSPS) is 18.6. The second-order valence-corrected chi connectivity index (χ2v) is 9.38. The molecule has 2 unspecified atom stereocenters. The van der Waals surface area contributed by atoms with Crippen LogP contribution in [0.5, 0.6) is 0 Å². The van der Waals surface area contributed by atoms with Crippen LogP contribution in [0.4, 0.5) is 4.79 Å². The fraction of sp³-hybridized carbons (Fsp3) is 0.667. The van der Waals surface area contributed by atoms with Gasteiger partial charge >= 0.3 is 6.09 Å². The van der Waals surface area contributed by atoms with Gasteiger partial charge in [0.25, 0.3) is 5.91 Å². The van der Waals surface area contributed by atoms with E-state index in [2.05, 4.69) is 26.1 Å². The molecule has 31 heavy (non-hydrogen) atoms. The molecular formula is C21H33N5O5. The van der Waals surface area contributed by atoms with Crippen molar-refractivity contribution >= 4 is 23.7 Å². The number of ketones is 1. The molecule has 0 spiro atoms. The summed E-state index contributed by atoms with van der Waals surface area (Å²) in [5.74, 6) is -2.33. The predicted molar refractivity (Wildman–Crippen MR) is 113 cm³/mol. The highest BCUT2D eigenvalue weighted by atomic mass is 16.5. The number of Topliss-reactive ketones (excluding diaryl/α,β-unsaturated/α-hetero) is 1. The number of H-pyrrole nitrogens is 1. The monoisotopic (exact) mass is 435 g/mol. The maximum absolute atomic E-state index is 12.9. The molecule has 1 aliphatic heterocycles. The number of aromatic amines is 1. The minimum Gasteiger partial charge on any atom is -0.449 e. The quantitative estimate of drug-likeness (QED) is 0.506. The Morgan fingerprint density at radius 3 is 2.65 bits per heavy atom. The highest BCUT2D eigenvalue weighted by Crippen LogP contribution is 2.13. The molecule has 1 aromatic rings. The van der Waals surface area contributed by atoms with Crippen LogP contribution in [-0.4, -0.2) is 59.1 Å². The number of aryl methyl sites for hydroxylation is 1. The van der Waals surface area contributed by atoms with Gasteiger partial charge in [0.15, 0.2) is 0 Å². The average molecular weight is 436 g/mol. The maximum atomic E-state index is 12.9. The Labute approximate surface area is 182 Å². The first kappa shape index (κ1) is 24.4. The first-order valence-electron chi connectivity index (χ1n) is 10.5. The Morgan fingerprint density at radius 2 is 2.00 bits per heavy atom. The lowest BCUT2D eigenvalue weighted by atomic mass is 9.99. The summed E-state index contributed by atoms with van der Waals surface area (Å²) in [6.07, 6.45) is 0.687. The highest BCUT2D eigenvalue weighted by molar-refractivity contribution is 6.38. The Balaban J connectivity index is 2.12. The first-order chi connectivity index (χ1) is 14.5. The molecule has 0 aliphatic carbocycles. The number of ether oxygens (including phenoxy) is 1. The van der Waals surface area contributed by atoms with Crippen molar-refractivity contribution in [2.24, 2.45) is 11.3 Å². The zero-order chi connectivity index (χ0) is 23.2. The van der Waals surface area contributed by atoms with Gasteiger partial charge in [-0.05, 0) is 30.2 Å². The van der Waals surface area contributed by atoms with Crippen molar-refractivity contribution in [1.82, 2.24) is 26.1 Å². The fourth-order valence-electron chi connectivity index (χ4n) is 3.04. The Kier molecular flexibility index (Phi) is 8.18. The SMILES string of the molecule is CC(C)C(NC(=O)OCC(C)(C)C)C(=O)NC1Cc2cc(n[nH]2)CCCNC(=O)C1=O. The summed E-state index contributed by atoms with van der Waals surface area (Å²) in [6.45, 7) is 9.82. The van der Waals surface area contributed by atoms with Crippen molar-refractivity contribution in [3.63, 3.8) is 0 Å². The standard InChI is InChI=1S/C21H33N5O5/c1-12(2)16(24-20(30)31-11-21(3,4)5)18(28)23-15-10-14-9-13(25-26-14)7-6-8-22-19(29)17(15)27/h9,12,15-16H,6-8,10-11H2,1-5H3,(H,22,29)(H,23,28)(H,24,30)(H,25,26). The van der Waals surface area contributed by atoms with Gasteiger partial charge in [-0.2, -0.15) is 5.10 Å². The van der Waals surface area contributed by atoms with E-state index in [0.29, 0.717) is 25.1 Å². The van der Waals surface area contributed by atoms with Crippen LogP contribution in [0.3, 0.4) is 0 Å². The highest BCUT2D eigenvalue weighted by Gasteiger charge is 2.32. The number of carbonyl (C=O) groups excluding carboxylic acids is 4. The summed E-state index contributed by atoms with van der Waals surface area (Å²) >= 11 is 0. The van der Waals surface area contributed by atoms with Gasteiger partial charge in [-0.1, -0.05) is 34.6 Å². The zero-order valence-electron chi connectivity index (χ0n) is 18.8. The maximum Gasteiger partial charge on any atom is 0.407 e. The minimum atomic E-state index is -1.09. The molecule has 0 radical (unpaired) electrons. The number of hydrogen-bond donors (Lipinski definition) is 4. The lowest BCUT2D eigenvalue weighted by molar-refractivity contribution is -0.140. The fourth-order valence-corrected chi connectivity index (χ4v) is 3.04. The van der Waals surface area contributed by atoms with Crippen molar-refractivity contribution in [2.75, 3.05) is 13.2 Å². The Morgan fingerprint density at radius 1 is 1.29 bits per heavy atom. The third-order valence-electron chi connectivity index (χ3n) is 4.72. The second kappa shape index (κ2) is 10.4. The molecule has 4 N–H and O–H groups in total. The van der Waals surface area contributed by atoms with E-state index in [0.717, 1.165) is 5.69 Å². The topological polar surface area (TPSA) is 142 Å². The lowest BCUT2D eigenvalue weighted by Crippen LogP contribution is -2.56. The predicted octanol–water partition coefficient (Wildman–Crippen LogP) is 0.865.